The summed E-state index contributed by atoms with van der Waals surface area (Å²) in [5.74, 6) is 1.61. The van der Waals surface area contributed by atoms with E-state index in [0.29, 0.717) is 6.54 Å². The van der Waals surface area contributed by atoms with Crippen molar-refractivity contribution in [3.05, 3.63) is 53.3 Å². The lowest BCUT2D eigenvalue weighted by Gasteiger charge is -2.08. The van der Waals surface area contributed by atoms with Gasteiger partial charge in [0, 0.05) is 18.8 Å². The van der Waals surface area contributed by atoms with E-state index in [0.717, 1.165) is 17.2 Å². The van der Waals surface area contributed by atoms with Crippen LogP contribution in [0, 0.1) is 13.8 Å². The molecule has 0 bridgehead atoms. The SMILES string of the molecule is Cc1cc(C)cc(Oc2ccnc(CN)c2)c1. The zero-order valence-corrected chi connectivity index (χ0v) is 10.1. The van der Waals surface area contributed by atoms with E-state index in [4.69, 9.17) is 10.5 Å². The van der Waals surface area contributed by atoms with E-state index in [1.54, 1.807) is 6.20 Å². The third kappa shape index (κ3) is 3.04. The average molecular weight is 228 g/mol. The van der Waals surface area contributed by atoms with E-state index in [1.807, 2.05) is 24.3 Å². The summed E-state index contributed by atoms with van der Waals surface area (Å²) < 4.78 is 5.79. The maximum Gasteiger partial charge on any atom is 0.130 e. The molecule has 0 saturated heterocycles. The normalized spacial score (nSPS) is 10.3. The molecule has 2 N–H and O–H groups in total. The van der Waals surface area contributed by atoms with Crippen LogP contribution in [0.5, 0.6) is 11.5 Å². The van der Waals surface area contributed by atoms with E-state index in [9.17, 15) is 0 Å². The minimum atomic E-state index is 0.421. The van der Waals surface area contributed by atoms with E-state index in [2.05, 4.69) is 24.9 Å². The Labute approximate surface area is 101 Å². The van der Waals surface area contributed by atoms with Gasteiger partial charge in [-0.15, -0.1) is 0 Å². The Balaban J connectivity index is 2.24. The van der Waals surface area contributed by atoms with Gasteiger partial charge in [-0.1, -0.05) is 6.07 Å². The number of nitrogens with zero attached hydrogens (tertiary/aromatic N) is 1. The van der Waals surface area contributed by atoms with Gasteiger partial charge in [-0.05, 0) is 43.2 Å². The Hall–Kier alpha value is -1.87. The van der Waals surface area contributed by atoms with Gasteiger partial charge in [-0.25, -0.2) is 0 Å². The fourth-order valence-electron chi connectivity index (χ4n) is 1.76. The molecule has 3 nitrogen and oxygen atoms in total. The summed E-state index contributed by atoms with van der Waals surface area (Å²) >= 11 is 0. The van der Waals surface area contributed by atoms with Crippen LogP contribution in [0.25, 0.3) is 0 Å². The molecule has 1 aromatic heterocycles. The minimum Gasteiger partial charge on any atom is -0.457 e. The molecule has 1 heterocycles. The molecular weight excluding hydrogens is 212 g/mol. The van der Waals surface area contributed by atoms with Gasteiger partial charge in [-0.3, -0.25) is 4.98 Å². The number of pyridine rings is 1. The summed E-state index contributed by atoms with van der Waals surface area (Å²) in [4.78, 5) is 4.13. The number of hydrogen-bond donors (Lipinski definition) is 1. The first-order valence-electron chi connectivity index (χ1n) is 5.58. The number of aromatic nitrogens is 1. The third-order valence-electron chi connectivity index (χ3n) is 2.43. The van der Waals surface area contributed by atoms with E-state index < -0.39 is 0 Å². The zero-order chi connectivity index (χ0) is 12.3. The fourth-order valence-corrected chi connectivity index (χ4v) is 1.76. The Morgan fingerprint density at radius 3 is 2.41 bits per heavy atom. The molecule has 0 amide bonds. The van der Waals surface area contributed by atoms with Gasteiger partial charge in [0.15, 0.2) is 0 Å². The van der Waals surface area contributed by atoms with Gasteiger partial charge in [0.25, 0.3) is 0 Å². The second-order valence-electron chi connectivity index (χ2n) is 4.11. The molecule has 1 aromatic carbocycles. The first-order chi connectivity index (χ1) is 8.17. The summed E-state index contributed by atoms with van der Waals surface area (Å²) in [5, 5.41) is 0. The molecule has 0 aliphatic heterocycles. The van der Waals surface area contributed by atoms with E-state index in [1.165, 1.54) is 11.1 Å². The lowest BCUT2D eigenvalue weighted by atomic mass is 10.1. The molecule has 17 heavy (non-hydrogen) atoms. The second kappa shape index (κ2) is 4.97. The average Bonchev–Trinajstić information content (AvgIpc) is 2.28. The molecule has 0 fully saturated rings. The lowest BCUT2D eigenvalue weighted by Crippen LogP contribution is -1.99. The molecule has 88 valence electrons. The smallest absolute Gasteiger partial charge is 0.130 e. The molecular formula is C14H16N2O. The number of nitrogens with two attached hydrogens (primary N) is 1. The molecule has 2 rings (SSSR count). The standard InChI is InChI=1S/C14H16N2O/c1-10-5-11(2)7-14(6-10)17-13-3-4-16-12(8-13)9-15/h3-8H,9,15H2,1-2H3. The number of hydrogen-bond acceptors (Lipinski definition) is 3. The highest BCUT2D eigenvalue weighted by Crippen LogP contribution is 2.23. The molecule has 0 atom stereocenters. The van der Waals surface area contributed by atoms with Crippen LogP contribution in [0.4, 0.5) is 0 Å². The summed E-state index contributed by atoms with van der Waals surface area (Å²) in [6.45, 7) is 4.53. The van der Waals surface area contributed by atoms with Crippen molar-refractivity contribution in [2.24, 2.45) is 5.73 Å². The van der Waals surface area contributed by atoms with Gasteiger partial charge < -0.3 is 10.5 Å². The summed E-state index contributed by atoms with van der Waals surface area (Å²) in [6, 6.07) is 9.82. The summed E-state index contributed by atoms with van der Waals surface area (Å²) in [6.07, 6.45) is 1.71. The van der Waals surface area contributed by atoms with Gasteiger partial charge in [0.1, 0.15) is 11.5 Å². The molecule has 0 spiro atoms. The molecule has 0 aliphatic rings. The van der Waals surface area contributed by atoms with Gasteiger partial charge in [0.2, 0.25) is 0 Å². The lowest BCUT2D eigenvalue weighted by molar-refractivity contribution is 0.480. The van der Waals surface area contributed by atoms with Crippen molar-refractivity contribution in [3.63, 3.8) is 0 Å². The number of benzene rings is 1. The Bertz CT molecular complexity index is 503. The first kappa shape index (κ1) is 11.6. The van der Waals surface area contributed by atoms with Crippen molar-refractivity contribution in [3.8, 4) is 11.5 Å². The van der Waals surface area contributed by atoms with Crippen LogP contribution >= 0.6 is 0 Å². The largest absolute Gasteiger partial charge is 0.457 e. The molecule has 2 aromatic rings. The maximum absolute atomic E-state index is 5.79. The Kier molecular flexibility index (Phi) is 3.40. The minimum absolute atomic E-state index is 0.421. The van der Waals surface area contributed by atoms with Crippen LogP contribution in [-0.4, -0.2) is 4.98 Å². The van der Waals surface area contributed by atoms with Crippen molar-refractivity contribution in [1.82, 2.24) is 4.98 Å². The van der Waals surface area contributed by atoms with Gasteiger partial charge in [-0.2, -0.15) is 0 Å². The molecule has 0 unspecified atom stereocenters. The highest BCUT2D eigenvalue weighted by atomic mass is 16.5. The quantitative estimate of drug-likeness (QED) is 0.878. The van der Waals surface area contributed by atoms with Gasteiger partial charge in [0.05, 0.1) is 5.69 Å². The fraction of sp³-hybridized carbons (Fsp3) is 0.214. The molecule has 0 aliphatic carbocycles. The predicted octanol–water partition coefficient (Wildman–Crippen LogP) is 2.95. The number of aryl methyl sites for hydroxylation is 2. The van der Waals surface area contributed by atoms with Crippen LogP contribution in [-0.2, 0) is 6.54 Å². The Morgan fingerprint density at radius 1 is 1.06 bits per heavy atom. The first-order valence-corrected chi connectivity index (χ1v) is 5.58. The van der Waals surface area contributed by atoms with Crippen LogP contribution in [0.2, 0.25) is 0 Å². The highest BCUT2D eigenvalue weighted by Gasteiger charge is 2.00. The van der Waals surface area contributed by atoms with Crippen molar-refractivity contribution in [2.75, 3.05) is 0 Å². The maximum atomic E-state index is 5.79. The van der Waals surface area contributed by atoms with Crippen LogP contribution < -0.4 is 10.5 Å². The topological polar surface area (TPSA) is 48.1 Å². The van der Waals surface area contributed by atoms with Crippen LogP contribution in [0.3, 0.4) is 0 Å². The highest BCUT2D eigenvalue weighted by molar-refractivity contribution is 5.37. The van der Waals surface area contributed by atoms with Crippen molar-refractivity contribution in [2.45, 2.75) is 20.4 Å². The predicted molar refractivity (Wildman–Crippen MR) is 68.1 cm³/mol. The van der Waals surface area contributed by atoms with Crippen LogP contribution in [0.15, 0.2) is 36.5 Å². The summed E-state index contributed by atoms with van der Waals surface area (Å²) in [5.41, 5.74) is 8.74. The third-order valence-corrected chi connectivity index (χ3v) is 2.43. The molecule has 3 heteroatoms. The van der Waals surface area contributed by atoms with Crippen LogP contribution in [0.1, 0.15) is 16.8 Å². The van der Waals surface area contributed by atoms with Gasteiger partial charge >= 0.3 is 0 Å². The number of ether oxygens (including phenoxy) is 1. The summed E-state index contributed by atoms with van der Waals surface area (Å²) in [7, 11) is 0. The Morgan fingerprint density at radius 2 is 1.76 bits per heavy atom. The number of rotatable bonds is 3. The second-order valence-corrected chi connectivity index (χ2v) is 4.11. The van der Waals surface area contributed by atoms with Crippen molar-refractivity contribution < 1.29 is 4.74 Å². The van der Waals surface area contributed by atoms with E-state index >= 15 is 0 Å². The van der Waals surface area contributed by atoms with E-state index in [-0.39, 0.29) is 0 Å². The molecule has 0 radical (unpaired) electrons. The zero-order valence-electron chi connectivity index (χ0n) is 10.1. The monoisotopic (exact) mass is 228 g/mol. The molecule has 0 saturated carbocycles. The van der Waals surface area contributed by atoms with Crippen molar-refractivity contribution in [1.29, 1.82) is 0 Å². The van der Waals surface area contributed by atoms with Crippen molar-refractivity contribution >= 4 is 0 Å².